The quantitative estimate of drug-likeness (QED) is 0.200. The minimum Gasteiger partial charge on any atom is -0.324 e. The van der Waals surface area contributed by atoms with Gasteiger partial charge in [0.05, 0.1) is 17.0 Å². The minimum atomic E-state index is -0.436. The van der Waals surface area contributed by atoms with E-state index < -0.39 is 11.6 Å². The molecule has 7 aromatic carbocycles. The Balaban J connectivity index is 1.06. The maximum Gasteiger partial charge on any atom is 0.169 e. The molecule has 10 rings (SSSR count). The topological polar surface area (TPSA) is 60.5 Å². The molecule has 0 radical (unpaired) electrons. The molecular weight excluding hydrogens is 657 g/mol. The summed E-state index contributed by atoms with van der Waals surface area (Å²) in [6, 6.07) is 62.7. The molecule has 1 unspecified atom stereocenters. The number of fused-ring (bicyclic) bond motifs is 9. The first kappa shape index (κ1) is 31.9. The van der Waals surface area contributed by atoms with E-state index in [9.17, 15) is 5.26 Å². The molecule has 7 aromatic rings. The SMILES string of the molecule is CC1(C)c2ccccc2C2(c3ccccc3-c3cc(-c4ccc(C5=NC(c6ccc(C#N)cc6)N=C(c6ccccc6)N5)cc4)ccc32)c2ccccc21. The molecule has 256 valence electrons. The fourth-order valence-corrected chi connectivity index (χ4v) is 9.08. The summed E-state index contributed by atoms with van der Waals surface area (Å²) in [6.07, 6.45) is -0.436. The van der Waals surface area contributed by atoms with E-state index in [4.69, 9.17) is 9.98 Å². The Labute approximate surface area is 315 Å². The first-order valence-corrected chi connectivity index (χ1v) is 18.5. The highest BCUT2D eigenvalue weighted by Crippen LogP contribution is 2.62. The van der Waals surface area contributed by atoms with Gasteiger partial charge in [0.25, 0.3) is 0 Å². The molecule has 3 aliphatic rings. The van der Waals surface area contributed by atoms with Crippen molar-refractivity contribution in [2.24, 2.45) is 9.98 Å². The van der Waals surface area contributed by atoms with E-state index >= 15 is 0 Å². The molecule has 4 nitrogen and oxygen atoms in total. The lowest BCUT2D eigenvalue weighted by atomic mass is 9.55. The number of nitrogens with zero attached hydrogens (tertiary/aromatic N) is 3. The first-order chi connectivity index (χ1) is 26.5. The highest BCUT2D eigenvalue weighted by atomic mass is 15.2. The van der Waals surface area contributed by atoms with Crippen LogP contribution in [-0.4, -0.2) is 11.7 Å². The number of benzene rings is 7. The average Bonchev–Trinajstić information content (AvgIpc) is 3.53. The molecule has 0 bridgehead atoms. The summed E-state index contributed by atoms with van der Waals surface area (Å²) in [5.74, 6) is 1.52. The standard InChI is InChI=1S/C50H36N4/c1-49(2)42-16-8-10-18-44(42)50(45-19-11-9-17-43(45)49)40-15-7-6-14-38(40)39-30-37(28-29-41(39)50)33-24-26-36(27-25-33)48-53-46(34-12-4-3-5-13-34)52-47(54-48)35-22-20-32(31-51)21-23-35/h3-30,47H,1-2H3,(H,52,53,54). The molecule has 1 aliphatic heterocycles. The second kappa shape index (κ2) is 12.1. The van der Waals surface area contributed by atoms with Gasteiger partial charge in [0.1, 0.15) is 11.7 Å². The van der Waals surface area contributed by atoms with Crippen molar-refractivity contribution in [3.05, 3.63) is 225 Å². The van der Waals surface area contributed by atoms with Crippen molar-refractivity contribution in [1.29, 1.82) is 5.26 Å². The van der Waals surface area contributed by atoms with Crippen LogP contribution < -0.4 is 5.32 Å². The molecule has 1 heterocycles. The van der Waals surface area contributed by atoms with Gasteiger partial charge in [-0.25, -0.2) is 9.98 Å². The van der Waals surface area contributed by atoms with Crippen molar-refractivity contribution in [1.82, 2.24) is 5.32 Å². The van der Waals surface area contributed by atoms with E-state index in [0.29, 0.717) is 5.56 Å². The number of aliphatic imine (C=N–C) groups is 2. The summed E-state index contributed by atoms with van der Waals surface area (Å²) in [5.41, 5.74) is 16.1. The van der Waals surface area contributed by atoms with Crippen molar-refractivity contribution < 1.29 is 0 Å². The zero-order valence-corrected chi connectivity index (χ0v) is 30.1. The largest absolute Gasteiger partial charge is 0.324 e. The first-order valence-electron chi connectivity index (χ1n) is 18.5. The third-order valence-electron chi connectivity index (χ3n) is 11.7. The van der Waals surface area contributed by atoms with E-state index in [-0.39, 0.29) is 5.41 Å². The molecule has 1 atom stereocenters. The van der Waals surface area contributed by atoms with Crippen LogP contribution >= 0.6 is 0 Å². The molecule has 0 fully saturated rings. The number of hydrogen-bond acceptors (Lipinski definition) is 4. The van der Waals surface area contributed by atoms with Crippen molar-refractivity contribution in [2.45, 2.75) is 30.8 Å². The van der Waals surface area contributed by atoms with Crippen LogP contribution in [0.15, 0.2) is 180 Å². The van der Waals surface area contributed by atoms with Crippen molar-refractivity contribution in [3.63, 3.8) is 0 Å². The minimum absolute atomic E-state index is 0.120. The average molecular weight is 693 g/mol. The van der Waals surface area contributed by atoms with Crippen LogP contribution in [-0.2, 0) is 10.8 Å². The Hall–Kier alpha value is -6.83. The van der Waals surface area contributed by atoms with Crippen molar-refractivity contribution >= 4 is 11.7 Å². The van der Waals surface area contributed by atoms with Crippen LogP contribution in [0.2, 0.25) is 0 Å². The molecule has 1 spiro atoms. The van der Waals surface area contributed by atoms with Gasteiger partial charge in [0.15, 0.2) is 6.17 Å². The Morgan fingerprint density at radius 3 is 1.61 bits per heavy atom. The molecule has 0 saturated carbocycles. The van der Waals surface area contributed by atoms with Gasteiger partial charge in [-0.15, -0.1) is 0 Å². The lowest BCUT2D eigenvalue weighted by Gasteiger charge is -2.46. The Bertz CT molecular complexity index is 2660. The fraction of sp³-hybridized carbons (Fsp3) is 0.100. The monoisotopic (exact) mass is 692 g/mol. The molecule has 54 heavy (non-hydrogen) atoms. The Morgan fingerprint density at radius 1 is 0.481 bits per heavy atom. The maximum atomic E-state index is 9.35. The van der Waals surface area contributed by atoms with Crippen LogP contribution in [0.4, 0.5) is 0 Å². The summed E-state index contributed by atoms with van der Waals surface area (Å²) in [6.45, 7) is 4.73. The van der Waals surface area contributed by atoms with Gasteiger partial charge < -0.3 is 5.32 Å². The van der Waals surface area contributed by atoms with Crippen molar-refractivity contribution in [2.75, 3.05) is 0 Å². The summed E-state index contributed by atoms with van der Waals surface area (Å²) in [5, 5.41) is 12.9. The van der Waals surface area contributed by atoms with Crippen LogP contribution in [0.3, 0.4) is 0 Å². The van der Waals surface area contributed by atoms with Gasteiger partial charge in [-0.2, -0.15) is 5.26 Å². The molecule has 0 aromatic heterocycles. The van der Waals surface area contributed by atoms with Gasteiger partial charge >= 0.3 is 0 Å². The second-order valence-corrected chi connectivity index (χ2v) is 14.9. The summed E-state index contributed by atoms with van der Waals surface area (Å²) >= 11 is 0. The van der Waals surface area contributed by atoms with Gasteiger partial charge in [0.2, 0.25) is 0 Å². The highest BCUT2D eigenvalue weighted by molar-refractivity contribution is 6.16. The smallest absolute Gasteiger partial charge is 0.169 e. The lowest BCUT2D eigenvalue weighted by molar-refractivity contribution is 0.563. The van der Waals surface area contributed by atoms with E-state index in [1.165, 1.54) is 50.1 Å². The van der Waals surface area contributed by atoms with Gasteiger partial charge in [-0.1, -0.05) is 166 Å². The third kappa shape index (κ3) is 4.68. The number of nitrogens with one attached hydrogen (secondary N) is 1. The van der Waals surface area contributed by atoms with Crippen molar-refractivity contribution in [3.8, 4) is 28.3 Å². The van der Waals surface area contributed by atoms with Gasteiger partial charge in [0, 0.05) is 16.5 Å². The lowest BCUT2D eigenvalue weighted by Crippen LogP contribution is -2.40. The van der Waals surface area contributed by atoms with E-state index in [0.717, 1.165) is 33.9 Å². The summed E-state index contributed by atoms with van der Waals surface area (Å²) in [4.78, 5) is 10.0. The third-order valence-corrected chi connectivity index (χ3v) is 11.7. The Morgan fingerprint density at radius 2 is 0.981 bits per heavy atom. The van der Waals surface area contributed by atoms with E-state index in [1.807, 2.05) is 42.5 Å². The van der Waals surface area contributed by atoms with Crippen LogP contribution in [0, 0.1) is 11.3 Å². The highest BCUT2D eigenvalue weighted by Gasteiger charge is 2.53. The number of hydrogen-bond donors (Lipinski definition) is 1. The number of amidine groups is 2. The van der Waals surface area contributed by atoms with Crippen LogP contribution in [0.5, 0.6) is 0 Å². The zero-order valence-electron chi connectivity index (χ0n) is 30.1. The normalized spacial score (nSPS) is 16.8. The number of nitriles is 1. The molecule has 1 N–H and O–H groups in total. The Kier molecular flexibility index (Phi) is 7.15. The van der Waals surface area contributed by atoms with Gasteiger partial charge in [-0.3, -0.25) is 0 Å². The number of rotatable bonds is 4. The van der Waals surface area contributed by atoms with E-state index in [1.54, 1.807) is 0 Å². The predicted molar refractivity (Wildman–Crippen MR) is 218 cm³/mol. The molecular formula is C50H36N4. The molecule has 4 heteroatoms. The summed E-state index contributed by atoms with van der Waals surface area (Å²) in [7, 11) is 0. The molecule has 2 aliphatic carbocycles. The summed E-state index contributed by atoms with van der Waals surface area (Å²) < 4.78 is 0. The predicted octanol–water partition coefficient (Wildman–Crippen LogP) is 10.7. The van der Waals surface area contributed by atoms with E-state index in [2.05, 4.69) is 153 Å². The fourth-order valence-electron chi connectivity index (χ4n) is 9.08. The maximum absolute atomic E-state index is 9.35. The van der Waals surface area contributed by atoms with Crippen LogP contribution in [0.25, 0.3) is 22.3 Å². The molecule has 0 amide bonds. The second-order valence-electron chi connectivity index (χ2n) is 14.9. The zero-order chi connectivity index (χ0) is 36.4. The van der Waals surface area contributed by atoms with Gasteiger partial charge in [-0.05, 0) is 79.4 Å². The molecule has 0 saturated heterocycles. The van der Waals surface area contributed by atoms with Crippen LogP contribution in [0.1, 0.15) is 75.6 Å².